The molecule has 0 saturated heterocycles. The second-order valence-electron chi connectivity index (χ2n) is 14.8. The number of urea groups is 1. The highest BCUT2D eigenvalue weighted by atomic mass is 16.2. The number of rotatable bonds is 13. The van der Waals surface area contributed by atoms with Crippen LogP contribution in [0.2, 0.25) is 0 Å². The van der Waals surface area contributed by atoms with Crippen LogP contribution in [0, 0.1) is 24.2 Å². The number of aromatic nitrogens is 2. The van der Waals surface area contributed by atoms with E-state index in [0.717, 1.165) is 39.3 Å². The van der Waals surface area contributed by atoms with Gasteiger partial charge in [0.15, 0.2) is 0 Å². The van der Waals surface area contributed by atoms with E-state index in [2.05, 4.69) is 64.6 Å². The average Bonchev–Trinajstić information content (AvgIpc) is 3.22. The first-order valence-corrected chi connectivity index (χ1v) is 19.3. The minimum absolute atomic E-state index is 0.0292. The van der Waals surface area contributed by atoms with Crippen LogP contribution < -0.4 is 20.9 Å². The third kappa shape index (κ3) is 11.0. The first kappa shape index (κ1) is 40.1. The minimum Gasteiger partial charge on any atom is -0.384 e. The SMILES string of the molecule is C=C(/C=C\C(C)=N)Nc1ncc2c(n1)NC(=O)N(c1cc(NCC3/C=C/N(Cc4ccccc4)C(=O)[C@H](CC(C)C)/N=C(c4ccccc4)\C=C\C3)ccc1C)C2. The van der Waals surface area contributed by atoms with Crippen LogP contribution in [0.5, 0.6) is 0 Å². The Hall–Kier alpha value is -6.62. The zero-order valence-corrected chi connectivity index (χ0v) is 33.1. The molecule has 1 aromatic heterocycles. The Labute approximate surface area is 335 Å². The molecule has 6 rings (SSSR count). The Bertz CT molecular complexity index is 2210. The van der Waals surface area contributed by atoms with Crippen molar-refractivity contribution in [1.82, 2.24) is 14.9 Å². The quantitative estimate of drug-likeness (QED) is 0.0792. The van der Waals surface area contributed by atoms with Crippen LogP contribution in [0.3, 0.4) is 0 Å². The summed E-state index contributed by atoms with van der Waals surface area (Å²) in [5, 5.41) is 17.1. The Morgan fingerprint density at radius 3 is 2.54 bits per heavy atom. The van der Waals surface area contributed by atoms with Crippen LogP contribution in [0.15, 0.2) is 139 Å². The fourth-order valence-corrected chi connectivity index (χ4v) is 6.60. The maximum Gasteiger partial charge on any atom is 0.327 e. The lowest BCUT2D eigenvalue weighted by Crippen LogP contribution is -2.39. The highest BCUT2D eigenvalue weighted by Crippen LogP contribution is 2.31. The number of hydrogen-bond donors (Lipinski definition) is 4. The van der Waals surface area contributed by atoms with Gasteiger partial charge in [-0.15, -0.1) is 0 Å². The van der Waals surface area contributed by atoms with E-state index in [4.69, 9.17) is 10.4 Å². The lowest BCUT2D eigenvalue weighted by molar-refractivity contribution is -0.130. The molecule has 57 heavy (non-hydrogen) atoms. The number of aryl methyl sites for hydroxylation is 1. The molecule has 3 amide bonds. The molecule has 0 radical (unpaired) electrons. The number of carbonyl (C=O) groups excluding carboxylic acids is 2. The summed E-state index contributed by atoms with van der Waals surface area (Å²) in [7, 11) is 0. The van der Waals surface area contributed by atoms with Crippen molar-refractivity contribution in [2.45, 2.75) is 59.7 Å². The molecule has 0 saturated carbocycles. The summed E-state index contributed by atoms with van der Waals surface area (Å²) < 4.78 is 0. The van der Waals surface area contributed by atoms with Crippen molar-refractivity contribution >= 4 is 46.5 Å². The molecule has 4 aromatic rings. The largest absolute Gasteiger partial charge is 0.384 e. The van der Waals surface area contributed by atoms with Gasteiger partial charge in [0.25, 0.3) is 5.91 Å². The van der Waals surface area contributed by atoms with Gasteiger partial charge in [-0.3, -0.25) is 20.0 Å². The molecule has 0 spiro atoms. The molecule has 2 aliphatic rings. The molecule has 4 N–H and O–H groups in total. The summed E-state index contributed by atoms with van der Waals surface area (Å²) in [6, 6.07) is 25.3. The van der Waals surface area contributed by atoms with E-state index >= 15 is 0 Å². The standard InChI is InChI=1S/C46H51N9O2/c1-31(2)25-41-44(56)54(29-36-13-8-6-9-14-36)24-23-35(15-12-18-40(51-41)37-16-10-7-11-17-37)27-48-39-22-19-32(3)42(26-39)55-30-38-28-49-45(52-43(38)53-46(55)57)50-34(5)21-20-33(4)47/h6-14,16-24,26,28,31,35,41,47-48H,5,15,25,27,29-30H2,1-4H3,(H2,49,50,52,53,57)/b18-12+,21-20-,24-23+,47-33?,51-40+/t35?,41-/m0/s1. The van der Waals surface area contributed by atoms with Gasteiger partial charge in [-0.05, 0) is 85.6 Å². The Balaban J connectivity index is 1.22. The summed E-state index contributed by atoms with van der Waals surface area (Å²) in [6.07, 6.45) is 14.6. The number of aliphatic imine (C=N–C) groups is 1. The number of hydrogen-bond acceptors (Lipinski definition) is 8. The second kappa shape index (κ2) is 18.8. The van der Waals surface area contributed by atoms with Crippen LogP contribution in [-0.2, 0) is 17.9 Å². The van der Waals surface area contributed by atoms with Gasteiger partial charge in [-0.1, -0.05) is 99.3 Å². The van der Waals surface area contributed by atoms with Crippen molar-refractivity contribution in [3.05, 3.63) is 156 Å². The summed E-state index contributed by atoms with van der Waals surface area (Å²) in [6.45, 7) is 13.2. The molecule has 292 valence electrons. The van der Waals surface area contributed by atoms with E-state index in [9.17, 15) is 9.59 Å². The van der Waals surface area contributed by atoms with E-state index < -0.39 is 6.04 Å². The van der Waals surface area contributed by atoms with Crippen LogP contribution in [0.1, 0.15) is 55.9 Å². The van der Waals surface area contributed by atoms with Gasteiger partial charge in [0, 0.05) is 41.6 Å². The number of fused-ring (bicyclic) bond motifs is 1. The molecule has 2 atom stereocenters. The molecule has 3 aromatic carbocycles. The van der Waals surface area contributed by atoms with Gasteiger partial charge in [-0.2, -0.15) is 4.98 Å². The highest BCUT2D eigenvalue weighted by Gasteiger charge is 2.28. The Morgan fingerprint density at radius 1 is 1.05 bits per heavy atom. The molecular formula is C46H51N9O2. The number of nitrogens with one attached hydrogen (secondary N) is 4. The van der Waals surface area contributed by atoms with E-state index in [0.29, 0.717) is 55.7 Å². The van der Waals surface area contributed by atoms with Crippen molar-refractivity contribution in [2.75, 3.05) is 27.4 Å². The molecule has 0 fully saturated rings. The molecule has 11 nitrogen and oxygen atoms in total. The Kier molecular flexibility index (Phi) is 13.2. The third-order valence-corrected chi connectivity index (χ3v) is 9.61. The number of benzene rings is 3. The summed E-state index contributed by atoms with van der Waals surface area (Å²) in [4.78, 5) is 45.4. The summed E-state index contributed by atoms with van der Waals surface area (Å²) in [5.41, 5.74) is 7.08. The molecule has 0 bridgehead atoms. The van der Waals surface area contributed by atoms with Gasteiger partial charge in [0.1, 0.15) is 11.9 Å². The maximum absolute atomic E-state index is 14.4. The molecule has 0 aliphatic carbocycles. The smallest absolute Gasteiger partial charge is 0.327 e. The highest BCUT2D eigenvalue weighted by molar-refractivity contribution is 6.09. The zero-order valence-electron chi connectivity index (χ0n) is 33.1. The van der Waals surface area contributed by atoms with Crippen molar-refractivity contribution in [2.24, 2.45) is 16.8 Å². The van der Waals surface area contributed by atoms with Crippen molar-refractivity contribution in [3.8, 4) is 0 Å². The van der Waals surface area contributed by atoms with Gasteiger partial charge in [-0.25, -0.2) is 9.78 Å². The number of nitrogens with zero attached hydrogens (tertiary/aromatic N) is 5. The summed E-state index contributed by atoms with van der Waals surface area (Å²) >= 11 is 0. The molecule has 1 unspecified atom stereocenters. The lowest BCUT2D eigenvalue weighted by Gasteiger charge is -2.30. The number of carbonyl (C=O) groups is 2. The molecule has 2 aliphatic heterocycles. The lowest BCUT2D eigenvalue weighted by atomic mass is 10.0. The number of allylic oxidation sites excluding steroid dienone is 4. The third-order valence-electron chi connectivity index (χ3n) is 9.61. The van der Waals surface area contributed by atoms with Crippen molar-refractivity contribution in [3.63, 3.8) is 0 Å². The predicted molar refractivity (Wildman–Crippen MR) is 232 cm³/mol. The minimum atomic E-state index is -0.534. The fourth-order valence-electron chi connectivity index (χ4n) is 6.60. The van der Waals surface area contributed by atoms with E-state index in [1.165, 1.54) is 0 Å². The first-order valence-electron chi connectivity index (χ1n) is 19.3. The molecule has 3 heterocycles. The van der Waals surface area contributed by atoms with Crippen LogP contribution >= 0.6 is 0 Å². The monoisotopic (exact) mass is 761 g/mol. The predicted octanol–water partition coefficient (Wildman–Crippen LogP) is 9.29. The van der Waals surface area contributed by atoms with Crippen LogP contribution in [0.25, 0.3) is 0 Å². The zero-order chi connectivity index (χ0) is 40.3. The van der Waals surface area contributed by atoms with Crippen molar-refractivity contribution in [1.29, 1.82) is 5.41 Å². The first-order chi connectivity index (χ1) is 27.5. The average molecular weight is 762 g/mol. The Morgan fingerprint density at radius 2 is 1.81 bits per heavy atom. The second-order valence-corrected chi connectivity index (χ2v) is 14.8. The number of amides is 3. The van der Waals surface area contributed by atoms with Crippen molar-refractivity contribution < 1.29 is 9.59 Å². The van der Waals surface area contributed by atoms with E-state index in [1.807, 2.05) is 96.9 Å². The molecule has 11 heteroatoms. The van der Waals surface area contributed by atoms with Gasteiger partial charge < -0.3 is 20.9 Å². The summed E-state index contributed by atoms with van der Waals surface area (Å²) in [5.74, 6) is 1.01. The normalized spacial score (nSPS) is 19.2. The fraction of sp³-hybridized carbons (Fsp3) is 0.261. The van der Waals surface area contributed by atoms with Gasteiger partial charge >= 0.3 is 6.03 Å². The topological polar surface area (TPSA) is 139 Å². The maximum atomic E-state index is 14.4. The molecular weight excluding hydrogens is 711 g/mol. The van der Waals surface area contributed by atoms with E-state index in [-0.39, 0.29) is 23.8 Å². The van der Waals surface area contributed by atoms with Gasteiger partial charge in [0.05, 0.1) is 24.5 Å². The van der Waals surface area contributed by atoms with Gasteiger partial charge in [0.2, 0.25) is 5.95 Å². The van der Waals surface area contributed by atoms with E-state index in [1.54, 1.807) is 30.2 Å². The van der Waals surface area contributed by atoms with Crippen LogP contribution in [0.4, 0.5) is 27.9 Å². The number of anilines is 4. The van der Waals surface area contributed by atoms with Crippen LogP contribution in [-0.4, -0.2) is 50.8 Å².